The van der Waals surface area contributed by atoms with Crippen molar-refractivity contribution >= 4 is 5.95 Å². The fourth-order valence-electron chi connectivity index (χ4n) is 3.02. The standard InChI is InChI=1S/C19H26N4O3/c24-11-2-12-26-17-5-3-16(4-6-17)13-20-14-19(25)7-10-23(15-19)18-21-8-1-9-22-18/h1,3-6,8-9,20,24-25H,2,7,10-15H2. The van der Waals surface area contributed by atoms with Crippen LogP contribution >= 0.6 is 0 Å². The summed E-state index contributed by atoms with van der Waals surface area (Å²) in [7, 11) is 0. The largest absolute Gasteiger partial charge is 0.494 e. The molecule has 1 atom stereocenters. The molecule has 0 spiro atoms. The van der Waals surface area contributed by atoms with E-state index in [2.05, 4.69) is 15.3 Å². The molecule has 0 saturated carbocycles. The second-order valence-corrected chi connectivity index (χ2v) is 6.62. The highest BCUT2D eigenvalue weighted by molar-refractivity contribution is 5.32. The van der Waals surface area contributed by atoms with Crippen LogP contribution in [0, 0.1) is 0 Å². The van der Waals surface area contributed by atoms with Gasteiger partial charge in [-0.25, -0.2) is 9.97 Å². The number of aromatic nitrogens is 2. The van der Waals surface area contributed by atoms with Gasteiger partial charge in [0.05, 0.1) is 18.8 Å². The number of anilines is 1. The molecule has 140 valence electrons. The van der Waals surface area contributed by atoms with E-state index in [1.54, 1.807) is 18.5 Å². The van der Waals surface area contributed by atoms with Crippen molar-refractivity contribution in [1.82, 2.24) is 15.3 Å². The molecule has 0 bridgehead atoms. The molecular weight excluding hydrogens is 332 g/mol. The molecule has 2 aromatic rings. The summed E-state index contributed by atoms with van der Waals surface area (Å²) in [5, 5.41) is 22.9. The Kier molecular flexibility index (Phi) is 6.38. The van der Waals surface area contributed by atoms with Crippen LogP contribution in [0.2, 0.25) is 0 Å². The van der Waals surface area contributed by atoms with E-state index in [1.807, 2.05) is 29.2 Å². The lowest BCUT2D eigenvalue weighted by molar-refractivity contribution is 0.0626. The smallest absolute Gasteiger partial charge is 0.225 e. The van der Waals surface area contributed by atoms with E-state index in [-0.39, 0.29) is 6.61 Å². The Morgan fingerprint density at radius 3 is 2.69 bits per heavy atom. The maximum absolute atomic E-state index is 10.8. The van der Waals surface area contributed by atoms with Crippen LogP contribution in [-0.4, -0.2) is 58.6 Å². The number of aliphatic hydroxyl groups is 2. The number of aliphatic hydroxyl groups excluding tert-OH is 1. The summed E-state index contributed by atoms with van der Waals surface area (Å²) >= 11 is 0. The van der Waals surface area contributed by atoms with E-state index in [0.717, 1.165) is 17.9 Å². The molecular formula is C19H26N4O3. The number of benzene rings is 1. The monoisotopic (exact) mass is 358 g/mol. The molecule has 3 N–H and O–H groups in total. The minimum Gasteiger partial charge on any atom is -0.494 e. The number of rotatable bonds is 9. The topological polar surface area (TPSA) is 90.7 Å². The predicted molar refractivity (Wildman–Crippen MR) is 99.2 cm³/mol. The normalized spacial score (nSPS) is 19.7. The van der Waals surface area contributed by atoms with Crippen LogP contribution < -0.4 is 15.0 Å². The Bertz CT molecular complexity index is 668. The molecule has 7 nitrogen and oxygen atoms in total. The first kappa shape index (κ1) is 18.6. The quantitative estimate of drug-likeness (QED) is 0.575. The summed E-state index contributed by atoms with van der Waals surface area (Å²) in [5.74, 6) is 1.47. The Morgan fingerprint density at radius 2 is 1.96 bits per heavy atom. The van der Waals surface area contributed by atoms with Crippen LogP contribution in [0.4, 0.5) is 5.95 Å². The van der Waals surface area contributed by atoms with E-state index < -0.39 is 5.60 Å². The highest BCUT2D eigenvalue weighted by Gasteiger charge is 2.36. The molecule has 1 aromatic carbocycles. The van der Waals surface area contributed by atoms with Gasteiger partial charge in [0.15, 0.2) is 0 Å². The van der Waals surface area contributed by atoms with Crippen LogP contribution in [0.15, 0.2) is 42.7 Å². The van der Waals surface area contributed by atoms with E-state index in [1.165, 1.54) is 0 Å². The summed E-state index contributed by atoms with van der Waals surface area (Å²) in [6.45, 7) is 3.14. The first-order valence-electron chi connectivity index (χ1n) is 8.96. The van der Waals surface area contributed by atoms with Crippen LogP contribution in [-0.2, 0) is 6.54 Å². The van der Waals surface area contributed by atoms with Crippen molar-refractivity contribution in [2.75, 3.05) is 37.7 Å². The molecule has 2 heterocycles. The second-order valence-electron chi connectivity index (χ2n) is 6.62. The van der Waals surface area contributed by atoms with E-state index in [4.69, 9.17) is 9.84 Å². The fraction of sp³-hybridized carbons (Fsp3) is 0.474. The molecule has 1 fully saturated rings. The number of nitrogens with one attached hydrogen (secondary N) is 1. The highest BCUT2D eigenvalue weighted by Crippen LogP contribution is 2.23. The molecule has 1 saturated heterocycles. The van der Waals surface area contributed by atoms with Crippen LogP contribution in [0.5, 0.6) is 5.75 Å². The average molecular weight is 358 g/mol. The Labute approximate surface area is 153 Å². The minimum atomic E-state index is -0.771. The lowest BCUT2D eigenvalue weighted by Gasteiger charge is -2.24. The van der Waals surface area contributed by atoms with E-state index in [0.29, 0.717) is 45.0 Å². The number of nitrogens with zero attached hydrogens (tertiary/aromatic N) is 3. The van der Waals surface area contributed by atoms with Gasteiger partial charge >= 0.3 is 0 Å². The Balaban J connectivity index is 1.43. The predicted octanol–water partition coefficient (Wildman–Crippen LogP) is 0.969. The maximum Gasteiger partial charge on any atom is 0.225 e. The molecule has 7 heteroatoms. The summed E-state index contributed by atoms with van der Waals surface area (Å²) in [5.41, 5.74) is 0.358. The van der Waals surface area contributed by atoms with Gasteiger partial charge in [-0.15, -0.1) is 0 Å². The fourth-order valence-corrected chi connectivity index (χ4v) is 3.02. The summed E-state index contributed by atoms with van der Waals surface area (Å²) < 4.78 is 5.52. The van der Waals surface area contributed by atoms with Gasteiger partial charge in [-0.3, -0.25) is 0 Å². The molecule has 3 rings (SSSR count). The van der Waals surface area contributed by atoms with Crippen molar-refractivity contribution in [3.05, 3.63) is 48.3 Å². The molecule has 0 amide bonds. The third-order valence-corrected chi connectivity index (χ3v) is 4.44. The minimum absolute atomic E-state index is 0.138. The molecule has 0 aliphatic carbocycles. The zero-order chi connectivity index (χ0) is 18.2. The van der Waals surface area contributed by atoms with Gasteiger partial charge in [-0.05, 0) is 30.2 Å². The van der Waals surface area contributed by atoms with Crippen molar-refractivity contribution < 1.29 is 14.9 Å². The molecule has 1 aromatic heterocycles. The number of hydrogen-bond donors (Lipinski definition) is 3. The zero-order valence-corrected chi connectivity index (χ0v) is 14.8. The van der Waals surface area contributed by atoms with E-state index >= 15 is 0 Å². The van der Waals surface area contributed by atoms with Crippen molar-refractivity contribution in [3.63, 3.8) is 0 Å². The second kappa shape index (κ2) is 8.93. The highest BCUT2D eigenvalue weighted by atomic mass is 16.5. The third-order valence-electron chi connectivity index (χ3n) is 4.44. The number of β-amino-alcohol motifs (C(OH)–C–C–N with tert-alkyl or cyclic N) is 1. The van der Waals surface area contributed by atoms with Crippen molar-refractivity contribution in [1.29, 1.82) is 0 Å². The first-order chi connectivity index (χ1) is 12.7. The number of ether oxygens (including phenoxy) is 1. The first-order valence-corrected chi connectivity index (χ1v) is 8.96. The van der Waals surface area contributed by atoms with Crippen molar-refractivity contribution in [2.24, 2.45) is 0 Å². The molecule has 1 aliphatic rings. The van der Waals surface area contributed by atoms with Gasteiger partial charge in [0.2, 0.25) is 5.95 Å². The zero-order valence-electron chi connectivity index (χ0n) is 14.8. The van der Waals surface area contributed by atoms with Gasteiger partial charge in [0.25, 0.3) is 0 Å². The SMILES string of the molecule is OCCCOc1ccc(CNCC2(O)CCN(c3ncccn3)C2)cc1. The lowest BCUT2D eigenvalue weighted by Crippen LogP contribution is -2.43. The maximum atomic E-state index is 10.8. The molecule has 1 aliphatic heterocycles. The average Bonchev–Trinajstić information content (AvgIpc) is 3.06. The summed E-state index contributed by atoms with van der Waals surface area (Å²) in [6.07, 6.45) is 4.76. The van der Waals surface area contributed by atoms with Crippen LogP contribution in [0.3, 0.4) is 0 Å². The van der Waals surface area contributed by atoms with Gasteiger partial charge in [0, 0.05) is 45.1 Å². The van der Waals surface area contributed by atoms with E-state index in [9.17, 15) is 5.11 Å². The molecule has 0 radical (unpaired) electrons. The van der Waals surface area contributed by atoms with Crippen LogP contribution in [0.1, 0.15) is 18.4 Å². The van der Waals surface area contributed by atoms with Crippen LogP contribution in [0.25, 0.3) is 0 Å². The Hall–Kier alpha value is -2.22. The number of hydrogen-bond acceptors (Lipinski definition) is 7. The third kappa shape index (κ3) is 5.14. The van der Waals surface area contributed by atoms with Gasteiger partial charge in [0.1, 0.15) is 5.75 Å². The lowest BCUT2D eigenvalue weighted by atomic mass is 10.0. The summed E-state index contributed by atoms with van der Waals surface area (Å²) in [4.78, 5) is 10.5. The van der Waals surface area contributed by atoms with Crippen molar-refractivity contribution in [2.45, 2.75) is 25.0 Å². The molecule has 26 heavy (non-hydrogen) atoms. The van der Waals surface area contributed by atoms with Gasteiger partial charge in [-0.2, -0.15) is 0 Å². The summed E-state index contributed by atoms with van der Waals surface area (Å²) in [6, 6.07) is 9.64. The van der Waals surface area contributed by atoms with Gasteiger partial charge < -0.3 is 25.2 Å². The Morgan fingerprint density at radius 1 is 1.19 bits per heavy atom. The van der Waals surface area contributed by atoms with Gasteiger partial charge in [-0.1, -0.05) is 12.1 Å². The van der Waals surface area contributed by atoms with Crippen molar-refractivity contribution in [3.8, 4) is 5.75 Å². The molecule has 1 unspecified atom stereocenters.